The van der Waals surface area contributed by atoms with Gasteiger partial charge < -0.3 is 10.4 Å². The number of nitrogens with one attached hydrogen (secondary N) is 1. The van der Waals surface area contributed by atoms with Crippen LogP contribution in [0.4, 0.5) is 5.82 Å². The van der Waals surface area contributed by atoms with Crippen molar-refractivity contribution < 1.29 is 9.90 Å². The van der Waals surface area contributed by atoms with E-state index in [-0.39, 0.29) is 6.42 Å². The predicted molar refractivity (Wildman–Crippen MR) is 65.9 cm³/mol. The van der Waals surface area contributed by atoms with Gasteiger partial charge in [-0.1, -0.05) is 6.92 Å². The van der Waals surface area contributed by atoms with Gasteiger partial charge in [-0.25, -0.2) is 9.97 Å². The van der Waals surface area contributed by atoms with Gasteiger partial charge in [-0.2, -0.15) is 0 Å². The van der Waals surface area contributed by atoms with Crippen LogP contribution in [0, 0.1) is 12.8 Å². The number of nitrogens with zero attached hydrogens (tertiary/aromatic N) is 2. The second kappa shape index (κ2) is 6.83. The maximum absolute atomic E-state index is 10.4. The van der Waals surface area contributed by atoms with Gasteiger partial charge in [0.05, 0.1) is 0 Å². The van der Waals surface area contributed by atoms with Crippen LogP contribution in [0.15, 0.2) is 12.3 Å². The monoisotopic (exact) mass is 237 g/mol. The summed E-state index contributed by atoms with van der Waals surface area (Å²) < 4.78 is 0. The molecule has 1 aromatic heterocycles. The Morgan fingerprint density at radius 1 is 1.53 bits per heavy atom. The number of hydrogen-bond acceptors (Lipinski definition) is 4. The number of carboxylic acid groups (broad SMARTS) is 1. The summed E-state index contributed by atoms with van der Waals surface area (Å²) in [5.74, 6) is 1.25. The van der Waals surface area contributed by atoms with Crippen molar-refractivity contribution in [3.05, 3.63) is 18.1 Å². The molecule has 2 N–H and O–H groups in total. The van der Waals surface area contributed by atoms with Crippen molar-refractivity contribution in [2.24, 2.45) is 5.92 Å². The summed E-state index contributed by atoms with van der Waals surface area (Å²) >= 11 is 0. The van der Waals surface area contributed by atoms with E-state index < -0.39 is 5.97 Å². The molecule has 0 fully saturated rings. The number of aliphatic carboxylic acids is 1. The lowest BCUT2D eigenvalue weighted by Crippen LogP contribution is -2.09. The van der Waals surface area contributed by atoms with Crippen LogP contribution in [0.2, 0.25) is 0 Å². The third-order valence-corrected chi connectivity index (χ3v) is 2.57. The maximum atomic E-state index is 10.4. The molecule has 0 bridgehead atoms. The molecule has 5 heteroatoms. The maximum Gasteiger partial charge on any atom is 0.303 e. The first-order valence-electron chi connectivity index (χ1n) is 5.83. The standard InChI is InChI=1S/C12H19N3O2/c1-9(3-4-12(16)17)5-7-14-11-6-8-13-10(2)15-11/h6,8-9H,3-5,7H2,1-2H3,(H,16,17)(H,13,14,15). The molecule has 0 saturated heterocycles. The SMILES string of the molecule is Cc1nccc(NCCC(C)CCC(=O)O)n1. The van der Waals surface area contributed by atoms with Crippen molar-refractivity contribution in [2.75, 3.05) is 11.9 Å². The van der Waals surface area contributed by atoms with Crippen LogP contribution in [0.25, 0.3) is 0 Å². The zero-order valence-electron chi connectivity index (χ0n) is 10.3. The first-order valence-corrected chi connectivity index (χ1v) is 5.83. The molecule has 17 heavy (non-hydrogen) atoms. The number of carbonyl (C=O) groups is 1. The predicted octanol–water partition coefficient (Wildman–Crippen LogP) is 2.09. The molecule has 0 aliphatic heterocycles. The lowest BCUT2D eigenvalue weighted by atomic mass is 10.0. The fourth-order valence-corrected chi connectivity index (χ4v) is 1.52. The van der Waals surface area contributed by atoms with Crippen LogP contribution in [0.5, 0.6) is 0 Å². The van der Waals surface area contributed by atoms with Crippen molar-refractivity contribution in [3.8, 4) is 0 Å². The fourth-order valence-electron chi connectivity index (χ4n) is 1.52. The molecule has 0 radical (unpaired) electrons. The number of hydrogen-bond donors (Lipinski definition) is 2. The highest BCUT2D eigenvalue weighted by molar-refractivity contribution is 5.66. The minimum absolute atomic E-state index is 0.244. The van der Waals surface area contributed by atoms with Crippen molar-refractivity contribution in [2.45, 2.75) is 33.1 Å². The van der Waals surface area contributed by atoms with Gasteiger partial charge >= 0.3 is 5.97 Å². The Balaban J connectivity index is 2.21. The van der Waals surface area contributed by atoms with Crippen molar-refractivity contribution in [1.29, 1.82) is 0 Å². The molecule has 5 nitrogen and oxygen atoms in total. The second-order valence-electron chi connectivity index (χ2n) is 4.24. The Kier molecular flexibility index (Phi) is 5.39. The van der Waals surface area contributed by atoms with E-state index in [0.29, 0.717) is 5.92 Å². The minimum atomic E-state index is -0.726. The second-order valence-corrected chi connectivity index (χ2v) is 4.24. The van der Waals surface area contributed by atoms with Gasteiger partial charge in [-0.05, 0) is 31.7 Å². The van der Waals surface area contributed by atoms with E-state index in [2.05, 4.69) is 22.2 Å². The molecule has 0 aliphatic carbocycles. The average Bonchev–Trinajstić information content (AvgIpc) is 2.26. The average molecular weight is 237 g/mol. The van der Waals surface area contributed by atoms with Crippen molar-refractivity contribution >= 4 is 11.8 Å². The Morgan fingerprint density at radius 3 is 2.94 bits per heavy atom. The van der Waals surface area contributed by atoms with Gasteiger partial charge in [0.1, 0.15) is 11.6 Å². The zero-order chi connectivity index (χ0) is 12.7. The summed E-state index contributed by atoms with van der Waals surface area (Å²) in [6, 6.07) is 1.83. The smallest absolute Gasteiger partial charge is 0.303 e. The molecule has 0 spiro atoms. The summed E-state index contributed by atoms with van der Waals surface area (Å²) in [6.45, 7) is 4.72. The summed E-state index contributed by atoms with van der Waals surface area (Å²) in [5, 5.41) is 11.8. The van der Waals surface area contributed by atoms with Gasteiger partial charge in [-0.15, -0.1) is 0 Å². The molecule has 0 aliphatic rings. The van der Waals surface area contributed by atoms with Crippen LogP contribution in [-0.4, -0.2) is 27.6 Å². The van der Waals surface area contributed by atoms with E-state index in [1.54, 1.807) is 6.20 Å². The molecule has 1 unspecified atom stereocenters. The first-order chi connectivity index (χ1) is 8.08. The quantitative estimate of drug-likeness (QED) is 0.759. The van der Waals surface area contributed by atoms with E-state index in [1.165, 1.54) is 0 Å². The molecular weight excluding hydrogens is 218 g/mol. The van der Waals surface area contributed by atoms with Gasteiger partial charge in [0.25, 0.3) is 0 Å². The van der Waals surface area contributed by atoms with Crippen LogP contribution in [0.1, 0.15) is 32.0 Å². The summed E-state index contributed by atoms with van der Waals surface area (Å²) in [7, 11) is 0. The molecule has 94 valence electrons. The topological polar surface area (TPSA) is 75.1 Å². The molecule has 0 aromatic carbocycles. The van der Waals surface area contributed by atoms with E-state index in [9.17, 15) is 4.79 Å². The molecule has 1 atom stereocenters. The highest BCUT2D eigenvalue weighted by Gasteiger charge is 2.05. The van der Waals surface area contributed by atoms with Crippen molar-refractivity contribution in [1.82, 2.24) is 9.97 Å². The molecule has 0 amide bonds. The largest absolute Gasteiger partial charge is 0.481 e. The molecular formula is C12H19N3O2. The Labute approximate surface area is 101 Å². The number of rotatable bonds is 7. The summed E-state index contributed by atoms with van der Waals surface area (Å²) in [5.41, 5.74) is 0. The molecule has 1 heterocycles. The third-order valence-electron chi connectivity index (χ3n) is 2.57. The van der Waals surface area contributed by atoms with Crippen LogP contribution in [0.3, 0.4) is 0 Å². The number of aryl methyl sites for hydroxylation is 1. The van der Waals surface area contributed by atoms with Gasteiger partial charge in [0, 0.05) is 19.2 Å². The highest BCUT2D eigenvalue weighted by atomic mass is 16.4. The Bertz CT molecular complexity index is 369. The molecule has 0 saturated carbocycles. The van der Waals surface area contributed by atoms with E-state index in [0.717, 1.165) is 31.0 Å². The number of carboxylic acids is 1. The van der Waals surface area contributed by atoms with Gasteiger partial charge in [0.15, 0.2) is 0 Å². The lowest BCUT2D eigenvalue weighted by Gasteiger charge is -2.11. The van der Waals surface area contributed by atoms with Gasteiger partial charge in [-0.3, -0.25) is 4.79 Å². The number of anilines is 1. The normalized spacial score (nSPS) is 12.1. The Morgan fingerprint density at radius 2 is 2.29 bits per heavy atom. The third kappa shape index (κ3) is 5.85. The lowest BCUT2D eigenvalue weighted by molar-refractivity contribution is -0.137. The zero-order valence-corrected chi connectivity index (χ0v) is 10.3. The van der Waals surface area contributed by atoms with E-state index in [1.807, 2.05) is 13.0 Å². The minimum Gasteiger partial charge on any atom is -0.481 e. The summed E-state index contributed by atoms with van der Waals surface area (Å²) in [6.07, 6.45) is 3.63. The highest BCUT2D eigenvalue weighted by Crippen LogP contribution is 2.10. The van der Waals surface area contributed by atoms with Crippen molar-refractivity contribution in [3.63, 3.8) is 0 Å². The first kappa shape index (κ1) is 13.4. The number of aromatic nitrogens is 2. The molecule has 1 rings (SSSR count). The van der Waals surface area contributed by atoms with Crippen LogP contribution < -0.4 is 5.32 Å². The van der Waals surface area contributed by atoms with Crippen LogP contribution in [-0.2, 0) is 4.79 Å². The molecule has 1 aromatic rings. The van der Waals surface area contributed by atoms with E-state index in [4.69, 9.17) is 5.11 Å². The fraction of sp³-hybridized carbons (Fsp3) is 0.583. The summed E-state index contributed by atoms with van der Waals surface area (Å²) in [4.78, 5) is 18.6. The van der Waals surface area contributed by atoms with Crippen LogP contribution >= 0.6 is 0 Å². The Hall–Kier alpha value is -1.65. The van der Waals surface area contributed by atoms with Gasteiger partial charge in [0.2, 0.25) is 0 Å². The van der Waals surface area contributed by atoms with E-state index >= 15 is 0 Å².